The first-order valence-corrected chi connectivity index (χ1v) is 6.83. The number of aliphatic hydroxyl groups is 1. The maximum absolute atomic E-state index is 10.6. The van der Waals surface area contributed by atoms with Gasteiger partial charge >= 0.3 is 5.97 Å². The van der Waals surface area contributed by atoms with E-state index >= 15 is 0 Å². The molecule has 1 aromatic rings. The Labute approximate surface area is 119 Å². The maximum atomic E-state index is 10.6. The van der Waals surface area contributed by atoms with Crippen molar-refractivity contribution in [1.29, 1.82) is 0 Å². The minimum absolute atomic E-state index is 0.103. The van der Waals surface area contributed by atoms with E-state index in [9.17, 15) is 9.90 Å². The Bertz CT molecular complexity index is 416. The van der Waals surface area contributed by atoms with E-state index in [-0.39, 0.29) is 18.7 Å². The molecular formula is C15H23NO4. The quantitative estimate of drug-likeness (QED) is 0.679. The van der Waals surface area contributed by atoms with Crippen LogP contribution in [0.1, 0.15) is 38.9 Å². The van der Waals surface area contributed by atoms with Gasteiger partial charge in [0, 0.05) is 6.04 Å². The van der Waals surface area contributed by atoms with Crippen LogP contribution in [0.2, 0.25) is 0 Å². The molecule has 5 heteroatoms. The van der Waals surface area contributed by atoms with Crippen LogP contribution < -0.4 is 10.1 Å². The summed E-state index contributed by atoms with van der Waals surface area (Å²) >= 11 is 0. The van der Waals surface area contributed by atoms with Crippen molar-refractivity contribution in [3.63, 3.8) is 0 Å². The van der Waals surface area contributed by atoms with Crippen molar-refractivity contribution < 1.29 is 19.7 Å². The fourth-order valence-electron chi connectivity index (χ4n) is 1.95. The lowest BCUT2D eigenvalue weighted by molar-refractivity contribution is -0.136. The Kier molecular flexibility index (Phi) is 6.48. The van der Waals surface area contributed by atoms with Crippen LogP contribution in [0.3, 0.4) is 0 Å². The molecular weight excluding hydrogens is 258 g/mol. The third-order valence-electron chi connectivity index (χ3n) is 2.93. The summed E-state index contributed by atoms with van der Waals surface area (Å²) in [4.78, 5) is 10.6. The monoisotopic (exact) mass is 281 g/mol. The van der Waals surface area contributed by atoms with E-state index in [4.69, 9.17) is 9.84 Å². The minimum atomic E-state index is -0.934. The second-order valence-electron chi connectivity index (χ2n) is 4.97. The highest BCUT2D eigenvalue weighted by Crippen LogP contribution is 2.22. The standard InChI is InChI=1S/C15H23NO4/c1-4-13(16-9-14(17)18)15(19)11-5-7-12(8-6-11)20-10(2)3/h5-8,10,13,15-16,19H,4,9H2,1-3H3,(H,17,18). The molecule has 0 saturated heterocycles. The highest BCUT2D eigenvalue weighted by Gasteiger charge is 2.19. The van der Waals surface area contributed by atoms with Crippen molar-refractivity contribution in [3.8, 4) is 5.75 Å². The molecule has 0 aliphatic heterocycles. The number of carbonyl (C=O) groups is 1. The molecule has 0 saturated carbocycles. The number of nitrogens with one attached hydrogen (secondary N) is 1. The van der Waals surface area contributed by atoms with Gasteiger partial charge in [-0.3, -0.25) is 4.79 Å². The number of aliphatic hydroxyl groups excluding tert-OH is 1. The number of ether oxygens (including phenoxy) is 1. The van der Waals surface area contributed by atoms with Crippen molar-refractivity contribution in [2.24, 2.45) is 0 Å². The van der Waals surface area contributed by atoms with Crippen molar-refractivity contribution >= 4 is 5.97 Å². The van der Waals surface area contributed by atoms with Gasteiger partial charge in [-0.2, -0.15) is 0 Å². The number of benzene rings is 1. The van der Waals surface area contributed by atoms with Crippen molar-refractivity contribution in [2.45, 2.75) is 45.4 Å². The molecule has 0 fully saturated rings. The van der Waals surface area contributed by atoms with Gasteiger partial charge in [0.2, 0.25) is 0 Å². The maximum Gasteiger partial charge on any atom is 0.317 e. The summed E-state index contributed by atoms with van der Waals surface area (Å²) < 4.78 is 5.54. The molecule has 1 aromatic carbocycles. The predicted octanol–water partition coefficient (Wildman–Crippen LogP) is 1.96. The zero-order valence-corrected chi connectivity index (χ0v) is 12.2. The molecule has 0 radical (unpaired) electrons. The smallest absolute Gasteiger partial charge is 0.317 e. The zero-order valence-electron chi connectivity index (χ0n) is 12.2. The van der Waals surface area contributed by atoms with Crippen LogP contribution >= 0.6 is 0 Å². The number of carboxylic acid groups (broad SMARTS) is 1. The highest BCUT2D eigenvalue weighted by molar-refractivity contribution is 5.69. The number of aliphatic carboxylic acids is 1. The zero-order chi connectivity index (χ0) is 15.1. The van der Waals surface area contributed by atoms with E-state index in [0.717, 1.165) is 11.3 Å². The SMILES string of the molecule is CCC(NCC(=O)O)C(O)c1ccc(OC(C)C)cc1. The molecule has 2 atom stereocenters. The Hall–Kier alpha value is -1.59. The molecule has 0 bridgehead atoms. The Morgan fingerprint density at radius 3 is 2.35 bits per heavy atom. The first kappa shape index (κ1) is 16.5. The van der Waals surface area contributed by atoms with Crippen molar-refractivity contribution in [1.82, 2.24) is 5.32 Å². The van der Waals surface area contributed by atoms with E-state index in [2.05, 4.69) is 5.32 Å². The van der Waals surface area contributed by atoms with Gasteiger partial charge in [-0.05, 0) is 38.0 Å². The van der Waals surface area contributed by atoms with E-state index in [1.165, 1.54) is 0 Å². The summed E-state index contributed by atoms with van der Waals surface area (Å²) in [6.07, 6.45) is -0.00237. The van der Waals surface area contributed by atoms with Crippen LogP contribution in [0.4, 0.5) is 0 Å². The second-order valence-corrected chi connectivity index (χ2v) is 4.97. The van der Waals surface area contributed by atoms with Gasteiger partial charge in [0.1, 0.15) is 5.75 Å². The fraction of sp³-hybridized carbons (Fsp3) is 0.533. The van der Waals surface area contributed by atoms with Crippen LogP contribution in [0, 0.1) is 0 Å². The molecule has 20 heavy (non-hydrogen) atoms. The average Bonchev–Trinajstić information content (AvgIpc) is 2.39. The summed E-state index contributed by atoms with van der Waals surface area (Å²) in [6, 6.07) is 6.93. The fourth-order valence-corrected chi connectivity index (χ4v) is 1.95. The molecule has 3 N–H and O–H groups in total. The highest BCUT2D eigenvalue weighted by atomic mass is 16.5. The molecule has 0 aromatic heterocycles. The number of rotatable bonds is 8. The van der Waals surface area contributed by atoms with E-state index < -0.39 is 12.1 Å². The van der Waals surface area contributed by atoms with Gasteiger partial charge in [0.05, 0.1) is 18.8 Å². The lowest BCUT2D eigenvalue weighted by atomic mass is 10.00. The number of carboxylic acids is 1. The lowest BCUT2D eigenvalue weighted by Gasteiger charge is -2.23. The van der Waals surface area contributed by atoms with Gasteiger partial charge in [-0.25, -0.2) is 0 Å². The van der Waals surface area contributed by atoms with Gasteiger partial charge < -0.3 is 20.3 Å². The Balaban J connectivity index is 2.69. The molecule has 2 unspecified atom stereocenters. The van der Waals surface area contributed by atoms with E-state index in [1.807, 2.05) is 32.9 Å². The summed E-state index contributed by atoms with van der Waals surface area (Å²) in [5, 5.41) is 21.8. The minimum Gasteiger partial charge on any atom is -0.491 e. The molecule has 5 nitrogen and oxygen atoms in total. The topological polar surface area (TPSA) is 78.8 Å². The molecule has 1 rings (SSSR count). The predicted molar refractivity (Wildman–Crippen MR) is 76.9 cm³/mol. The second kappa shape index (κ2) is 7.87. The van der Waals surface area contributed by atoms with Gasteiger partial charge in [-0.1, -0.05) is 19.1 Å². The van der Waals surface area contributed by atoms with Gasteiger partial charge in [0.25, 0.3) is 0 Å². The largest absolute Gasteiger partial charge is 0.491 e. The Morgan fingerprint density at radius 2 is 1.90 bits per heavy atom. The normalized spacial score (nSPS) is 14.1. The van der Waals surface area contributed by atoms with Gasteiger partial charge in [-0.15, -0.1) is 0 Å². The summed E-state index contributed by atoms with van der Waals surface area (Å²) in [7, 11) is 0. The van der Waals surface area contributed by atoms with E-state index in [1.54, 1.807) is 12.1 Å². The Morgan fingerprint density at radius 1 is 1.30 bits per heavy atom. The number of hydrogen-bond donors (Lipinski definition) is 3. The third-order valence-corrected chi connectivity index (χ3v) is 2.93. The van der Waals surface area contributed by atoms with E-state index in [0.29, 0.717) is 6.42 Å². The summed E-state index contributed by atoms with van der Waals surface area (Å²) in [5.41, 5.74) is 0.742. The summed E-state index contributed by atoms with van der Waals surface area (Å²) in [6.45, 7) is 5.64. The molecule has 0 spiro atoms. The molecule has 112 valence electrons. The van der Waals surface area contributed by atoms with Crippen LogP contribution in [-0.2, 0) is 4.79 Å². The van der Waals surface area contributed by atoms with Crippen molar-refractivity contribution in [2.75, 3.05) is 6.54 Å². The summed E-state index contributed by atoms with van der Waals surface area (Å²) in [5.74, 6) is -0.182. The van der Waals surface area contributed by atoms with Crippen molar-refractivity contribution in [3.05, 3.63) is 29.8 Å². The first-order valence-electron chi connectivity index (χ1n) is 6.83. The first-order chi connectivity index (χ1) is 9.43. The van der Waals surface area contributed by atoms with Crippen LogP contribution in [0.5, 0.6) is 5.75 Å². The van der Waals surface area contributed by atoms with Crippen LogP contribution in [0.15, 0.2) is 24.3 Å². The lowest BCUT2D eigenvalue weighted by Crippen LogP contribution is -2.37. The molecule has 0 aliphatic rings. The molecule has 0 heterocycles. The van der Waals surface area contributed by atoms with Crippen LogP contribution in [0.25, 0.3) is 0 Å². The number of hydrogen-bond acceptors (Lipinski definition) is 4. The average molecular weight is 281 g/mol. The molecule has 0 aliphatic carbocycles. The molecule has 0 amide bonds. The van der Waals surface area contributed by atoms with Crippen LogP contribution in [-0.4, -0.2) is 34.9 Å². The third kappa shape index (κ3) is 5.19. The van der Waals surface area contributed by atoms with Gasteiger partial charge in [0.15, 0.2) is 0 Å².